The second kappa shape index (κ2) is 7.23. The van der Waals surface area contributed by atoms with E-state index in [1.54, 1.807) is 6.07 Å². The van der Waals surface area contributed by atoms with Crippen molar-refractivity contribution < 1.29 is 9.13 Å². The van der Waals surface area contributed by atoms with Crippen molar-refractivity contribution >= 4 is 0 Å². The van der Waals surface area contributed by atoms with Crippen molar-refractivity contribution in [3.63, 3.8) is 0 Å². The Labute approximate surface area is 126 Å². The summed E-state index contributed by atoms with van der Waals surface area (Å²) in [6, 6.07) is 14.8. The first-order chi connectivity index (χ1) is 10.1. The summed E-state index contributed by atoms with van der Waals surface area (Å²) < 4.78 is 19.3. The molecule has 0 aliphatic carbocycles. The maximum absolute atomic E-state index is 13.7. The monoisotopic (exact) mass is 287 g/mol. The van der Waals surface area contributed by atoms with Crippen molar-refractivity contribution in [1.82, 2.24) is 5.32 Å². The summed E-state index contributed by atoms with van der Waals surface area (Å²) in [5.41, 5.74) is 1.84. The molecule has 0 radical (unpaired) electrons. The highest BCUT2D eigenvalue weighted by molar-refractivity contribution is 5.28. The molecule has 0 aliphatic rings. The molecule has 2 aromatic rings. The van der Waals surface area contributed by atoms with Crippen LogP contribution in [0.5, 0.6) is 5.75 Å². The molecule has 1 N–H and O–H groups in total. The van der Waals surface area contributed by atoms with Gasteiger partial charge in [0.15, 0.2) is 0 Å². The SMILES string of the molecule is CC(C)Oc1ccc(CN[C@H](C)c2ccccc2F)cc1. The number of nitrogens with one attached hydrogen (secondary N) is 1. The fourth-order valence-corrected chi connectivity index (χ4v) is 2.17. The molecule has 0 saturated heterocycles. The van der Waals surface area contributed by atoms with E-state index in [4.69, 9.17) is 4.74 Å². The zero-order chi connectivity index (χ0) is 15.2. The van der Waals surface area contributed by atoms with Crippen LogP contribution in [0.15, 0.2) is 48.5 Å². The maximum atomic E-state index is 13.7. The summed E-state index contributed by atoms with van der Waals surface area (Å²) in [6.07, 6.45) is 0.176. The normalized spacial score (nSPS) is 12.4. The number of rotatable bonds is 6. The van der Waals surface area contributed by atoms with Gasteiger partial charge in [0, 0.05) is 18.2 Å². The van der Waals surface area contributed by atoms with Gasteiger partial charge in [0.1, 0.15) is 11.6 Å². The molecular weight excluding hydrogens is 265 g/mol. The van der Waals surface area contributed by atoms with Crippen molar-refractivity contribution in [3.8, 4) is 5.75 Å². The van der Waals surface area contributed by atoms with E-state index < -0.39 is 0 Å². The topological polar surface area (TPSA) is 21.3 Å². The zero-order valence-electron chi connectivity index (χ0n) is 12.8. The molecule has 1 atom stereocenters. The minimum atomic E-state index is -0.168. The van der Waals surface area contributed by atoms with Gasteiger partial charge >= 0.3 is 0 Å². The Morgan fingerprint density at radius 2 is 1.67 bits per heavy atom. The lowest BCUT2D eigenvalue weighted by Gasteiger charge is -2.15. The van der Waals surface area contributed by atoms with Crippen molar-refractivity contribution in [3.05, 3.63) is 65.5 Å². The van der Waals surface area contributed by atoms with E-state index in [2.05, 4.69) is 5.32 Å². The molecule has 0 aliphatic heterocycles. The summed E-state index contributed by atoms with van der Waals surface area (Å²) in [6.45, 7) is 6.67. The third kappa shape index (κ3) is 4.57. The number of benzene rings is 2. The van der Waals surface area contributed by atoms with Crippen LogP contribution in [0.3, 0.4) is 0 Å². The van der Waals surface area contributed by atoms with E-state index in [0.717, 1.165) is 11.3 Å². The van der Waals surface area contributed by atoms with Gasteiger partial charge in [0.2, 0.25) is 0 Å². The van der Waals surface area contributed by atoms with Crippen LogP contribution in [0.2, 0.25) is 0 Å². The Morgan fingerprint density at radius 1 is 1.00 bits per heavy atom. The van der Waals surface area contributed by atoms with E-state index in [9.17, 15) is 4.39 Å². The van der Waals surface area contributed by atoms with E-state index >= 15 is 0 Å². The fourth-order valence-electron chi connectivity index (χ4n) is 2.17. The molecular formula is C18H22FNO. The zero-order valence-corrected chi connectivity index (χ0v) is 12.8. The molecule has 0 amide bonds. The molecule has 0 aromatic heterocycles. The van der Waals surface area contributed by atoms with Crippen LogP contribution < -0.4 is 10.1 Å². The molecule has 0 fully saturated rings. The first kappa shape index (κ1) is 15.5. The van der Waals surface area contributed by atoms with E-state index in [1.165, 1.54) is 6.07 Å². The van der Waals surface area contributed by atoms with Gasteiger partial charge in [0.25, 0.3) is 0 Å². The molecule has 2 nitrogen and oxygen atoms in total. The summed E-state index contributed by atoms with van der Waals surface area (Å²) >= 11 is 0. The Morgan fingerprint density at radius 3 is 2.29 bits per heavy atom. The first-order valence-corrected chi connectivity index (χ1v) is 7.29. The third-order valence-electron chi connectivity index (χ3n) is 3.28. The standard InChI is InChI=1S/C18H22FNO/c1-13(2)21-16-10-8-15(9-11-16)12-20-14(3)17-6-4-5-7-18(17)19/h4-11,13-14,20H,12H2,1-3H3/t14-/m1/s1. The average Bonchev–Trinajstić information content (AvgIpc) is 2.46. The van der Waals surface area contributed by atoms with Gasteiger partial charge in [-0.2, -0.15) is 0 Å². The molecule has 0 spiro atoms. The molecule has 21 heavy (non-hydrogen) atoms. The van der Waals surface area contributed by atoms with Crippen LogP contribution in [-0.4, -0.2) is 6.10 Å². The van der Waals surface area contributed by atoms with Gasteiger partial charge in [-0.1, -0.05) is 30.3 Å². The highest BCUT2D eigenvalue weighted by atomic mass is 19.1. The van der Waals surface area contributed by atoms with E-state index in [1.807, 2.05) is 57.2 Å². The number of ether oxygens (including phenoxy) is 1. The molecule has 3 heteroatoms. The van der Waals surface area contributed by atoms with Crippen LogP contribution in [0.4, 0.5) is 4.39 Å². The quantitative estimate of drug-likeness (QED) is 0.846. The van der Waals surface area contributed by atoms with Crippen LogP contribution in [0, 0.1) is 5.82 Å². The predicted octanol–water partition coefficient (Wildman–Crippen LogP) is 4.46. The second-order valence-corrected chi connectivity index (χ2v) is 5.43. The van der Waals surface area contributed by atoms with Gasteiger partial charge in [0.05, 0.1) is 6.10 Å². The molecule has 0 bridgehead atoms. The van der Waals surface area contributed by atoms with Crippen molar-refractivity contribution in [1.29, 1.82) is 0 Å². The number of halogens is 1. The van der Waals surface area contributed by atoms with E-state index in [0.29, 0.717) is 12.1 Å². The van der Waals surface area contributed by atoms with Gasteiger partial charge < -0.3 is 10.1 Å². The molecule has 0 heterocycles. The Hall–Kier alpha value is -1.87. The summed E-state index contributed by atoms with van der Waals surface area (Å²) in [5.74, 6) is 0.703. The Bertz CT molecular complexity index is 566. The lowest BCUT2D eigenvalue weighted by atomic mass is 10.1. The Kier molecular flexibility index (Phi) is 5.34. The van der Waals surface area contributed by atoms with Crippen LogP contribution in [0.1, 0.15) is 37.9 Å². The highest BCUT2D eigenvalue weighted by Gasteiger charge is 2.09. The second-order valence-electron chi connectivity index (χ2n) is 5.43. The maximum Gasteiger partial charge on any atom is 0.127 e. The predicted molar refractivity (Wildman–Crippen MR) is 83.9 cm³/mol. The molecule has 2 rings (SSSR count). The summed E-state index contributed by atoms with van der Waals surface area (Å²) in [5, 5.41) is 3.34. The Balaban J connectivity index is 1.92. The van der Waals surface area contributed by atoms with Crippen molar-refractivity contribution in [2.75, 3.05) is 0 Å². The fraction of sp³-hybridized carbons (Fsp3) is 0.333. The smallest absolute Gasteiger partial charge is 0.127 e. The van der Waals surface area contributed by atoms with Crippen LogP contribution >= 0.6 is 0 Å². The molecule has 2 aromatic carbocycles. The van der Waals surface area contributed by atoms with Crippen molar-refractivity contribution in [2.45, 2.75) is 39.5 Å². The molecule has 0 unspecified atom stereocenters. The lowest BCUT2D eigenvalue weighted by Crippen LogP contribution is -2.19. The average molecular weight is 287 g/mol. The third-order valence-corrected chi connectivity index (χ3v) is 3.28. The number of hydrogen-bond donors (Lipinski definition) is 1. The van der Waals surface area contributed by atoms with Crippen molar-refractivity contribution in [2.24, 2.45) is 0 Å². The minimum Gasteiger partial charge on any atom is -0.491 e. The van der Waals surface area contributed by atoms with Crippen LogP contribution in [-0.2, 0) is 6.54 Å². The highest BCUT2D eigenvalue weighted by Crippen LogP contribution is 2.18. The van der Waals surface area contributed by atoms with Crippen LogP contribution in [0.25, 0.3) is 0 Å². The lowest BCUT2D eigenvalue weighted by molar-refractivity contribution is 0.242. The van der Waals surface area contributed by atoms with Gasteiger partial charge in [-0.3, -0.25) is 0 Å². The molecule has 0 saturated carbocycles. The largest absolute Gasteiger partial charge is 0.491 e. The molecule has 112 valence electrons. The van der Waals surface area contributed by atoms with Gasteiger partial charge in [-0.15, -0.1) is 0 Å². The number of hydrogen-bond acceptors (Lipinski definition) is 2. The van der Waals surface area contributed by atoms with Gasteiger partial charge in [-0.25, -0.2) is 4.39 Å². The van der Waals surface area contributed by atoms with Gasteiger partial charge in [-0.05, 0) is 44.5 Å². The first-order valence-electron chi connectivity index (χ1n) is 7.29. The summed E-state index contributed by atoms with van der Waals surface area (Å²) in [4.78, 5) is 0. The van der Waals surface area contributed by atoms with E-state index in [-0.39, 0.29) is 18.0 Å². The summed E-state index contributed by atoms with van der Waals surface area (Å²) in [7, 11) is 0. The minimum absolute atomic E-state index is 0.0298.